The summed E-state index contributed by atoms with van der Waals surface area (Å²) < 4.78 is 30.4. The summed E-state index contributed by atoms with van der Waals surface area (Å²) in [6, 6.07) is 4.36. The second-order valence-electron chi connectivity index (χ2n) is 3.47. The highest BCUT2D eigenvalue weighted by Crippen LogP contribution is 2.16. The van der Waals surface area contributed by atoms with Crippen LogP contribution in [-0.2, 0) is 14.8 Å². The number of nitrogens with one attached hydrogen (secondary N) is 1. The normalized spacial score (nSPS) is 11.2. The molecule has 94 valence electrons. The summed E-state index contributed by atoms with van der Waals surface area (Å²) in [6.45, 7) is 3.70. The molecule has 0 aliphatic carbocycles. The highest BCUT2D eigenvalue weighted by Gasteiger charge is 2.17. The maximum Gasteiger partial charge on any atom is 0.338 e. The molecule has 1 N–H and O–H groups in total. The van der Waals surface area contributed by atoms with Crippen molar-refractivity contribution in [1.29, 1.82) is 0 Å². The SMILES string of the molecule is CCNS(=O)(=O)c1ccc(C)c(C(=O)OC)c1. The molecule has 0 bridgehead atoms. The van der Waals surface area contributed by atoms with Crippen molar-refractivity contribution in [1.82, 2.24) is 4.72 Å². The number of hydrogen-bond donors (Lipinski definition) is 1. The molecule has 1 aromatic rings. The van der Waals surface area contributed by atoms with Crippen LogP contribution >= 0.6 is 0 Å². The predicted octanol–water partition coefficient (Wildman–Crippen LogP) is 1.08. The Bertz CT molecular complexity index is 522. The fraction of sp³-hybridized carbons (Fsp3) is 0.364. The minimum Gasteiger partial charge on any atom is -0.465 e. The highest BCUT2D eigenvalue weighted by atomic mass is 32.2. The van der Waals surface area contributed by atoms with Crippen LogP contribution in [-0.4, -0.2) is 28.0 Å². The number of carbonyl (C=O) groups excluding carboxylic acids is 1. The Kier molecular flexibility index (Phi) is 4.25. The maximum atomic E-state index is 11.7. The van der Waals surface area contributed by atoms with E-state index in [0.29, 0.717) is 12.1 Å². The lowest BCUT2D eigenvalue weighted by atomic mass is 10.1. The average Bonchev–Trinajstić information content (AvgIpc) is 2.28. The number of methoxy groups -OCH3 is 1. The van der Waals surface area contributed by atoms with Gasteiger partial charge in [0.2, 0.25) is 10.0 Å². The Morgan fingerprint density at radius 1 is 1.41 bits per heavy atom. The van der Waals surface area contributed by atoms with Crippen molar-refractivity contribution >= 4 is 16.0 Å². The molecule has 0 aliphatic rings. The fourth-order valence-corrected chi connectivity index (χ4v) is 2.44. The summed E-state index contributed by atoms with van der Waals surface area (Å²) >= 11 is 0. The molecule has 0 unspecified atom stereocenters. The summed E-state index contributed by atoms with van der Waals surface area (Å²) in [5, 5.41) is 0. The summed E-state index contributed by atoms with van der Waals surface area (Å²) in [7, 11) is -2.29. The largest absolute Gasteiger partial charge is 0.465 e. The van der Waals surface area contributed by atoms with Gasteiger partial charge in [-0.1, -0.05) is 13.0 Å². The Morgan fingerprint density at radius 2 is 2.06 bits per heavy atom. The average molecular weight is 257 g/mol. The molecule has 0 saturated heterocycles. The molecule has 17 heavy (non-hydrogen) atoms. The first-order valence-corrected chi connectivity index (χ1v) is 6.59. The van der Waals surface area contributed by atoms with Crippen molar-refractivity contribution in [2.24, 2.45) is 0 Å². The van der Waals surface area contributed by atoms with E-state index in [1.807, 2.05) is 0 Å². The molecule has 6 heteroatoms. The van der Waals surface area contributed by atoms with Crippen LogP contribution in [0.15, 0.2) is 23.1 Å². The topological polar surface area (TPSA) is 72.5 Å². The molecule has 0 heterocycles. The van der Waals surface area contributed by atoms with Crippen molar-refractivity contribution < 1.29 is 17.9 Å². The van der Waals surface area contributed by atoms with E-state index >= 15 is 0 Å². The van der Waals surface area contributed by atoms with E-state index in [9.17, 15) is 13.2 Å². The molecular weight excluding hydrogens is 242 g/mol. The Morgan fingerprint density at radius 3 is 2.59 bits per heavy atom. The predicted molar refractivity (Wildman–Crippen MR) is 63.4 cm³/mol. The quantitative estimate of drug-likeness (QED) is 0.819. The van der Waals surface area contributed by atoms with Gasteiger partial charge in [0.25, 0.3) is 0 Å². The number of hydrogen-bond acceptors (Lipinski definition) is 4. The minimum absolute atomic E-state index is 0.0605. The minimum atomic E-state index is -3.55. The molecule has 1 aromatic carbocycles. The van der Waals surface area contributed by atoms with E-state index in [2.05, 4.69) is 9.46 Å². The first-order valence-electron chi connectivity index (χ1n) is 5.11. The number of benzene rings is 1. The van der Waals surface area contributed by atoms with Crippen LogP contribution in [0.3, 0.4) is 0 Å². The molecule has 5 nitrogen and oxygen atoms in total. The van der Waals surface area contributed by atoms with E-state index in [1.54, 1.807) is 19.9 Å². The zero-order chi connectivity index (χ0) is 13.1. The van der Waals surface area contributed by atoms with Gasteiger partial charge in [0.1, 0.15) is 0 Å². The van der Waals surface area contributed by atoms with Gasteiger partial charge in [-0.05, 0) is 24.6 Å². The van der Waals surface area contributed by atoms with Crippen molar-refractivity contribution in [3.05, 3.63) is 29.3 Å². The van der Waals surface area contributed by atoms with Crippen LogP contribution in [0.25, 0.3) is 0 Å². The molecule has 0 aromatic heterocycles. The lowest BCUT2D eigenvalue weighted by Gasteiger charge is -2.08. The molecule has 0 radical (unpaired) electrons. The number of ether oxygens (including phenoxy) is 1. The van der Waals surface area contributed by atoms with Crippen LogP contribution in [0.4, 0.5) is 0 Å². The number of esters is 1. The van der Waals surface area contributed by atoms with E-state index < -0.39 is 16.0 Å². The second kappa shape index (κ2) is 5.29. The van der Waals surface area contributed by atoms with Crippen LogP contribution in [0.2, 0.25) is 0 Å². The zero-order valence-electron chi connectivity index (χ0n) is 9.98. The Hall–Kier alpha value is -1.40. The van der Waals surface area contributed by atoms with Gasteiger partial charge in [0.15, 0.2) is 0 Å². The van der Waals surface area contributed by atoms with Gasteiger partial charge in [-0.2, -0.15) is 0 Å². The molecule has 0 amide bonds. The Labute approximate surface area is 101 Å². The summed E-state index contributed by atoms with van der Waals surface area (Å²) in [6.07, 6.45) is 0. The molecule has 0 atom stereocenters. The first-order chi connectivity index (χ1) is 7.92. The smallest absolute Gasteiger partial charge is 0.338 e. The summed E-state index contributed by atoms with van der Waals surface area (Å²) in [4.78, 5) is 11.5. The summed E-state index contributed by atoms with van der Waals surface area (Å²) in [5.41, 5.74) is 0.929. The van der Waals surface area contributed by atoms with Gasteiger partial charge in [-0.25, -0.2) is 17.9 Å². The molecule has 0 saturated carbocycles. The van der Waals surface area contributed by atoms with Crippen molar-refractivity contribution in [3.63, 3.8) is 0 Å². The molecule has 0 spiro atoms. The van der Waals surface area contributed by atoms with Gasteiger partial charge < -0.3 is 4.74 Å². The van der Waals surface area contributed by atoms with Gasteiger partial charge >= 0.3 is 5.97 Å². The van der Waals surface area contributed by atoms with Gasteiger partial charge in [-0.3, -0.25) is 0 Å². The molecular formula is C11H15NO4S. The van der Waals surface area contributed by atoms with Gasteiger partial charge in [-0.15, -0.1) is 0 Å². The Balaban J connectivity index is 3.26. The number of sulfonamides is 1. The maximum absolute atomic E-state index is 11.7. The first kappa shape index (κ1) is 13.7. The van der Waals surface area contributed by atoms with E-state index in [1.165, 1.54) is 19.2 Å². The number of carbonyl (C=O) groups is 1. The van der Waals surface area contributed by atoms with Gasteiger partial charge in [0, 0.05) is 6.54 Å². The van der Waals surface area contributed by atoms with Crippen LogP contribution in [0.1, 0.15) is 22.8 Å². The third-order valence-corrected chi connectivity index (χ3v) is 3.80. The molecule has 1 rings (SSSR count). The zero-order valence-corrected chi connectivity index (χ0v) is 10.8. The van der Waals surface area contributed by atoms with Crippen LogP contribution in [0, 0.1) is 6.92 Å². The number of aryl methyl sites for hydroxylation is 1. The third kappa shape index (κ3) is 3.04. The van der Waals surface area contributed by atoms with Crippen molar-refractivity contribution in [2.75, 3.05) is 13.7 Å². The lowest BCUT2D eigenvalue weighted by Crippen LogP contribution is -2.23. The summed E-state index contributed by atoms with van der Waals surface area (Å²) in [5.74, 6) is -0.545. The van der Waals surface area contributed by atoms with Crippen LogP contribution in [0.5, 0.6) is 0 Å². The monoisotopic (exact) mass is 257 g/mol. The number of rotatable bonds is 4. The lowest BCUT2D eigenvalue weighted by molar-refractivity contribution is 0.0599. The van der Waals surface area contributed by atoms with E-state index in [4.69, 9.17) is 0 Å². The molecule has 0 fully saturated rings. The van der Waals surface area contributed by atoms with Crippen molar-refractivity contribution in [2.45, 2.75) is 18.7 Å². The standard InChI is InChI=1S/C11H15NO4S/c1-4-12-17(14,15)9-6-5-8(2)10(7-9)11(13)16-3/h5-7,12H,4H2,1-3H3. The van der Waals surface area contributed by atoms with E-state index in [-0.39, 0.29) is 10.5 Å². The molecule has 0 aliphatic heterocycles. The highest BCUT2D eigenvalue weighted by molar-refractivity contribution is 7.89. The fourth-order valence-electron chi connectivity index (χ4n) is 1.37. The second-order valence-corrected chi connectivity index (χ2v) is 5.24. The van der Waals surface area contributed by atoms with Gasteiger partial charge in [0.05, 0.1) is 17.6 Å². The van der Waals surface area contributed by atoms with Crippen LogP contribution < -0.4 is 4.72 Å². The van der Waals surface area contributed by atoms with E-state index in [0.717, 1.165) is 0 Å². The third-order valence-electron chi connectivity index (χ3n) is 2.26. The van der Waals surface area contributed by atoms with Crippen molar-refractivity contribution in [3.8, 4) is 0 Å².